The third-order valence-electron chi connectivity index (χ3n) is 5.57. The molecule has 2 atom stereocenters. The van der Waals surface area contributed by atoms with Gasteiger partial charge >= 0.3 is 6.03 Å². The van der Waals surface area contributed by atoms with Crippen LogP contribution in [-0.4, -0.2) is 42.9 Å². The van der Waals surface area contributed by atoms with E-state index in [0.29, 0.717) is 6.54 Å². The number of carbonyl (C=O) groups excluding carboxylic acids is 1. The van der Waals surface area contributed by atoms with Gasteiger partial charge in [-0.05, 0) is 43.5 Å². The maximum absolute atomic E-state index is 13.3. The predicted octanol–water partition coefficient (Wildman–Crippen LogP) is 3.22. The SMILES string of the molecule is Cc1ccc(CN2C(=O)N(c3cc(C)ccc3C)[C@H]3CS(=O)(=O)C[C@@H]32)cc1. The molecule has 2 aromatic rings. The molecule has 0 N–H and O–H groups in total. The number of carbonyl (C=O) groups is 1. The Morgan fingerprint density at radius 1 is 0.926 bits per heavy atom. The number of hydrogen-bond donors (Lipinski definition) is 0. The number of anilines is 1. The van der Waals surface area contributed by atoms with Crippen molar-refractivity contribution in [1.82, 2.24) is 4.90 Å². The van der Waals surface area contributed by atoms with E-state index >= 15 is 0 Å². The van der Waals surface area contributed by atoms with Crippen molar-refractivity contribution in [3.63, 3.8) is 0 Å². The van der Waals surface area contributed by atoms with Crippen LogP contribution in [-0.2, 0) is 16.4 Å². The fraction of sp³-hybridized carbons (Fsp3) is 0.381. The quantitative estimate of drug-likeness (QED) is 0.764. The Kier molecular flexibility index (Phi) is 4.26. The number of amides is 2. The van der Waals surface area contributed by atoms with Crippen LogP contribution in [0.2, 0.25) is 0 Å². The lowest BCUT2D eigenvalue weighted by Crippen LogP contribution is -2.38. The Hall–Kier alpha value is -2.34. The summed E-state index contributed by atoms with van der Waals surface area (Å²) in [5.74, 6) is 0.0673. The van der Waals surface area contributed by atoms with Gasteiger partial charge in [-0.15, -0.1) is 0 Å². The number of urea groups is 1. The van der Waals surface area contributed by atoms with Crippen molar-refractivity contribution in [2.24, 2.45) is 0 Å². The molecule has 2 heterocycles. The standard InChI is InChI=1S/C21H24N2O3S/c1-14-5-8-17(9-6-14)11-22-19-12-27(25,26)13-20(19)23(21(22)24)18-10-15(2)4-7-16(18)3/h4-10,19-20H,11-13H2,1-3H3/t19-,20-/m0/s1. The Labute approximate surface area is 160 Å². The number of nitrogens with zero attached hydrogens (tertiary/aromatic N) is 2. The van der Waals surface area contributed by atoms with Crippen LogP contribution < -0.4 is 4.90 Å². The third-order valence-corrected chi connectivity index (χ3v) is 7.27. The Morgan fingerprint density at radius 2 is 1.56 bits per heavy atom. The number of rotatable bonds is 3. The van der Waals surface area contributed by atoms with Crippen LogP contribution >= 0.6 is 0 Å². The molecule has 27 heavy (non-hydrogen) atoms. The van der Waals surface area contributed by atoms with E-state index in [1.165, 1.54) is 0 Å². The van der Waals surface area contributed by atoms with Crippen molar-refractivity contribution in [3.8, 4) is 0 Å². The average molecular weight is 385 g/mol. The van der Waals surface area contributed by atoms with Gasteiger partial charge in [0.05, 0.1) is 23.6 Å². The Morgan fingerprint density at radius 3 is 2.26 bits per heavy atom. The predicted molar refractivity (Wildman–Crippen MR) is 107 cm³/mol. The summed E-state index contributed by atoms with van der Waals surface area (Å²) in [7, 11) is -3.16. The van der Waals surface area contributed by atoms with Crippen molar-refractivity contribution in [1.29, 1.82) is 0 Å². The van der Waals surface area contributed by atoms with Crippen molar-refractivity contribution < 1.29 is 13.2 Å². The van der Waals surface area contributed by atoms with Crippen LogP contribution in [0.25, 0.3) is 0 Å². The van der Waals surface area contributed by atoms with Gasteiger partial charge in [0.15, 0.2) is 9.84 Å². The summed E-state index contributed by atoms with van der Waals surface area (Å²) < 4.78 is 24.7. The highest BCUT2D eigenvalue weighted by Crippen LogP contribution is 2.37. The Bertz CT molecular complexity index is 999. The topological polar surface area (TPSA) is 57.7 Å². The number of sulfone groups is 1. The second kappa shape index (κ2) is 6.37. The van der Waals surface area contributed by atoms with Crippen molar-refractivity contribution in [2.75, 3.05) is 16.4 Å². The molecular weight excluding hydrogens is 360 g/mol. The second-order valence-electron chi connectivity index (χ2n) is 7.77. The molecule has 0 saturated carbocycles. The summed E-state index contributed by atoms with van der Waals surface area (Å²) >= 11 is 0. The molecule has 0 aromatic heterocycles. The molecule has 2 saturated heterocycles. The lowest BCUT2D eigenvalue weighted by molar-refractivity contribution is 0.206. The van der Waals surface area contributed by atoms with Crippen molar-refractivity contribution in [3.05, 3.63) is 64.7 Å². The zero-order valence-electron chi connectivity index (χ0n) is 15.8. The fourth-order valence-corrected chi connectivity index (χ4v) is 6.06. The van der Waals surface area contributed by atoms with E-state index in [0.717, 1.165) is 27.9 Å². The minimum atomic E-state index is -3.16. The molecular formula is C21H24N2O3S. The highest BCUT2D eigenvalue weighted by Gasteiger charge is 2.54. The fourth-order valence-electron chi connectivity index (χ4n) is 4.11. The van der Waals surface area contributed by atoms with E-state index < -0.39 is 9.84 Å². The molecule has 142 valence electrons. The van der Waals surface area contributed by atoms with E-state index in [4.69, 9.17) is 0 Å². The monoisotopic (exact) mass is 384 g/mol. The summed E-state index contributed by atoms with van der Waals surface area (Å²) in [6.45, 7) is 6.39. The minimum absolute atomic E-state index is 0.0290. The van der Waals surface area contributed by atoms with E-state index in [1.54, 1.807) is 9.80 Å². The molecule has 2 fully saturated rings. The van der Waals surface area contributed by atoms with Crippen molar-refractivity contribution >= 4 is 21.6 Å². The molecule has 0 aliphatic carbocycles. The molecule has 6 heteroatoms. The average Bonchev–Trinajstić information content (AvgIpc) is 3.03. The van der Waals surface area contributed by atoms with Crippen LogP contribution in [0.4, 0.5) is 10.5 Å². The van der Waals surface area contributed by atoms with Gasteiger partial charge in [-0.2, -0.15) is 0 Å². The highest BCUT2D eigenvalue weighted by atomic mass is 32.2. The summed E-state index contributed by atoms with van der Waals surface area (Å²) in [6.07, 6.45) is 0. The first kappa shape index (κ1) is 18.0. The van der Waals surface area contributed by atoms with Gasteiger partial charge in [-0.3, -0.25) is 4.90 Å². The van der Waals surface area contributed by atoms with Crippen LogP contribution in [0.3, 0.4) is 0 Å². The summed E-state index contributed by atoms with van der Waals surface area (Å²) in [4.78, 5) is 16.8. The van der Waals surface area contributed by atoms with E-state index in [9.17, 15) is 13.2 Å². The van der Waals surface area contributed by atoms with Crippen LogP contribution in [0.1, 0.15) is 22.3 Å². The van der Waals surface area contributed by atoms with Gasteiger partial charge in [0.25, 0.3) is 0 Å². The number of fused-ring (bicyclic) bond motifs is 1. The molecule has 2 amide bonds. The van der Waals surface area contributed by atoms with Crippen LogP contribution in [0.15, 0.2) is 42.5 Å². The highest BCUT2D eigenvalue weighted by molar-refractivity contribution is 7.91. The molecule has 2 aliphatic rings. The molecule has 0 spiro atoms. The molecule has 2 aliphatic heterocycles. The van der Waals surface area contributed by atoms with Gasteiger partial charge in [0.2, 0.25) is 0 Å². The molecule has 4 rings (SSSR count). The third kappa shape index (κ3) is 3.23. The first-order valence-electron chi connectivity index (χ1n) is 9.18. The van der Waals surface area contributed by atoms with E-state index in [2.05, 4.69) is 0 Å². The normalized spacial score (nSPS) is 23.7. The summed E-state index contributed by atoms with van der Waals surface area (Å²) in [6, 6.07) is 13.3. The summed E-state index contributed by atoms with van der Waals surface area (Å²) in [5.41, 5.74) is 5.02. The minimum Gasteiger partial charge on any atom is -0.314 e. The zero-order chi connectivity index (χ0) is 19.3. The first-order chi connectivity index (χ1) is 12.7. The number of benzene rings is 2. The van der Waals surface area contributed by atoms with Gasteiger partial charge in [-0.25, -0.2) is 13.2 Å². The van der Waals surface area contributed by atoms with Gasteiger partial charge in [0.1, 0.15) is 0 Å². The first-order valence-corrected chi connectivity index (χ1v) is 11.0. The van der Waals surface area contributed by atoms with E-state index in [-0.39, 0.29) is 29.6 Å². The van der Waals surface area contributed by atoms with Gasteiger partial charge in [-0.1, -0.05) is 42.0 Å². The van der Waals surface area contributed by atoms with Crippen molar-refractivity contribution in [2.45, 2.75) is 39.4 Å². The molecule has 2 aromatic carbocycles. The smallest absolute Gasteiger partial charge is 0.314 e. The molecule has 0 unspecified atom stereocenters. The largest absolute Gasteiger partial charge is 0.325 e. The lowest BCUT2D eigenvalue weighted by Gasteiger charge is -2.24. The molecule has 0 bridgehead atoms. The summed E-state index contributed by atoms with van der Waals surface area (Å²) in [5, 5.41) is 0. The van der Waals surface area contributed by atoms with Crippen LogP contribution in [0.5, 0.6) is 0 Å². The maximum atomic E-state index is 13.3. The van der Waals surface area contributed by atoms with Gasteiger partial charge < -0.3 is 4.90 Å². The Balaban J connectivity index is 1.73. The van der Waals surface area contributed by atoms with E-state index in [1.807, 2.05) is 63.2 Å². The second-order valence-corrected chi connectivity index (χ2v) is 9.92. The van der Waals surface area contributed by atoms with Crippen LogP contribution in [0, 0.1) is 20.8 Å². The molecule has 0 radical (unpaired) electrons. The number of aryl methyl sites for hydroxylation is 3. The molecule has 5 nitrogen and oxygen atoms in total. The zero-order valence-corrected chi connectivity index (χ0v) is 16.7. The lowest BCUT2D eigenvalue weighted by atomic mass is 10.1. The number of hydrogen-bond acceptors (Lipinski definition) is 3. The van der Waals surface area contributed by atoms with Gasteiger partial charge in [0, 0.05) is 12.2 Å². The maximum Gasteiger partial charge on any atom is 0.325 e.